The Labute approximate surface area is 102 Å². The summed E-state index contributed by atoms with van der Waals surface area (Å²) in [6.45, 7) is 2.03. The molecule has 0 heterocycles. The molecule has 7 heteroatoms. The molecule has 0 spiro atoms. The Morgan fingerprint density at radius 3 is 2.27 bits per heavy atom. The van der Waals surface area contributed by atoms with Gasteiger partial charge in [-0.2, -0.15) is 0 Å². The molecule has 0 aliphatic heterocycles. The van der Waals surface area contributed by atoms with E-state index in [1.165, 1.54) is 6.92 Å². The van der Waals surface area contributed by atoms with Crippen molar-refractivity contribution in [1.82, 2.24) is 5.32 Å². The Bertz CT molecular complexity index is 191. The van der Waals surface area contributed by atoms with E-state index in [-0.39, 0.29) is 30.7 Å². The third kappa shape index (κ3) is 13.5. The number of carboxylic acid groups (broad SMARTS) is 1. The van der Waals surface area contributed by atoms with Crippen molar-refractivity contribution in [3.63, 3.8) is 0 Å². The molecule has 0 aliphatic rings. The van der Waals surface area contributed by atoms with E-state index in [2.05, 4.69) is 5.32 Å². The van der Waals surface area contributed by atoms with Crippen molar-refractivity contribution in [2.45, 2.75) is 32.2 Å². The molecule has 0 saturated carbocycles. The van der Waals surface area contributed by atoms with Gasteiger partial charge in [-0.15, -0.1) is 24.8 Å². The van der Waals surface area contributed by atoms with Gasteiger partial charge in [-0.05, 0) is 19.3 Å². The molecule has 15 heavy (non-hydrogen) atoms. The topological polar surface area (TPSA) is 92.4 Å². The summed E-state index contributed by atoms with van der Waals surface area (Å²) >= 11 is 0. The van der Waals surface area contributed by atoms with Crippen molar-refractivity contribution >= 4 is 36.7 Å². The van der Waals surface area contributed by atoms with Gasteiger partial charge in [0.1, 0.15) is 6.04 Å². The number of hydrogen-bond acceptors (Lipinski definition) is 3. The highest BCUT2D eigenvalue weighted by Gasteiger charge is 2.09. The first-order valence-corrected chi connectivity index (χ1v) is 4.27. The summed E-state index contributed by atoms with van der Waals surface area (Å²) in [6, 6.07) is -0.780. The van der Waals surface area contributed by atoms with Crippen molar-refractivity contribution in [1.29, 1.82) is 0 Å². The van der Waals surface area contributed by atoms with Gasteiger partial charge >= 0.3 is 5.97 Å². The number of amides is 1. The second kappa shape index (κ2) is 11.6. The summed E-state index contributed by atoms with van der Waals surface area (Å²) in [5, 5.41) is 11.1. The molecule has 0 aromatic rings. The lowest BCUT2D eigenvalue weighted by Crippen LogP contribution is -2.30. The van der Waals surface area contributed by atoms with Crippen molar-refractivity contribution in [3.8, 4) is 0 Å². The molecule has 4 N–H and O–H groups in total. The van der Waals surface area contributed by atoms with Crippen LogP contribution in [0.4, 0.5) is 0 Å². The van der Waals surface area contributed by atoms with Gasteiger partial charge in [-0.25, -0.2) is 0 Å². The summed E-state index contributed by atoms with van der Waals surface area (Å²) in [7, 11) is 0. The first-order chi connectivity index (χ1) is 6.04. The van der Waals surface area contributed by atoms with Gasteiger partial charge in [0.2, 0.25) is 5.91 Å². The number of nitrogens with two attached hydrogens (primary N) is 1. The van der Waals surface area contributed by atoms with Crippen molar-refractivity contribution in [2.24, 2.45) is 5.73 Å². The van der Waals surface area contributed by atoms with Crippen molar-refractivity contribution in [3.05, 3.63) is 0 Å². The summed E-state index contributed by atoms with van der Waals surface area (Å²) in [5.74, 6) is -1.04. The van der Waals surface area contributed by atoms with Gasteiger partial charge < -0.3 is 16.2 Å². The largest absolute Gasteiger partial charge is 0.480 e. The third-order valence-corrected chi connectivity index (χ3v) is 1.63. The second-order valence-corrected chi connectivity index (χ2v) is 2.92. The van der Waals surface area contributed by atoms with Crippen LogP contribution in [-0.4, -0.2) is 29.6 Å². The van der Waals surface area contributed by atoms with E-state index in [0.717, 1.165) is 6.42 Å². The predicted octanol–water partition coefficient (Wildman–Crippen LogP) is 0.548. The monoisotopic (exact) mass is 260 g/mol. The molecule has 0 saturated heterocycles. The Morgan fingerprint density at radius 2 is 1.87 bits per heavy atom. The van der Waals surface area contributed by atoms with Gasteiger partial charge in [-0.1, -0.05) is 0 Å². The SMILES string of the molecule is CC(=O)NCCCC[C@H](N)C(=O)O.Cl.Cl. The van der Waals surface area contributed by atoms with Gasteiger partial charge in [0, 0.05) is 13.5 Å². The highest BCUT2D eigenvalue weighted by Crippen LogP contribution is 1.97. The molecule has 1 amide bonds. The Kier molecular flexibility index (Phi) is 15.4. The van der Waals surface area contributed by atoms with E-state index >= 15 is 0 Å². The van der Waals surface area contributed by atoms with E-state index in [9.17, 15) is 9.59 Å². The van der Waals surface area contributed by atoms with Crippen LogP contribution in [0, 0.1) is 0 Å². The smallest absolute Gasteiger partial charge is 0.320 e. The van der Waals surface area contributed by atoms with E-state index in [1.807, 2.05) is 0 Å². The number of carboxylic acids is 1. The molecule has 0 fully saturated rings. The van der Waals surface area contributed by atoms with Crippen LogP contribution in [0.5, 0.6) is 0 Å². The third-order valence-electron chi connectivity index (χ3n) is 1.63. The normalized spacial score (nSPS) is 10.5. The minimum absolute atomic E-state index is 0. The fourth-order valence-corrected chi connectivity index (χ4v) is 0.877. The Hall–Kier alpha value is -0.520. The zero-order chi connectivity index (χ0) is 10.3. The molecular weight excluding hydrogens is 243 g/mol. The van der Waals surface area contributed by atoms with Crippen LogP contribution >= 0.6 is 24.8 Å². The van der Waals surface area contributed by atoms with E-state index < -0.39 is 12.0 Å². The maximum absolute atomic E-state index is 10.4. The van der Waals surface area contributed by atoms with Crippen LogP contribution in [0.1, 0.15) is 26.2 Å². The van der Waals surface area contributed by atoms with Crippen LogP contribution < -0.4 is 11.1 Å². The minimum Gasteiger partial charge on any atom is -0.480 e. The molecule has 0 bridgehead atoms. The minimum atomic E-state index is -0.973. The maximum Gasteiger partial charge on any atom is 0.320 e. The lowest BCUT2D eigenvalue weighted by molar-refractivity contribution is -0.138. The molecule has 0 unspecified atom stereocenters. The lowest BCUT2D eigenvalue weighted by Gasteiger charge is -2.05. The van der Waals surface area contributed by atoms with Crippen LogP contribution in [0.2, 0.25) is 0 Å². The average molecular weight is 261 g/mol. The highest BCUT2D eigenvalue weighted by molar-refractivity contribution is 5.85. The molecule has 0 aromatic heterocycles. The number of nitrogens with one attached hydrogen (secondary N) is 1. The number of carbonyl (C=O) groups excluding carboxylic acids is 1. The molecule has 5 nitrogen and oxygen atoms in total. The summed E-state index contributed by atoms with van der Waals surface area (Å²) in [4.78, 5) is 20.7. The van der Waals surface area contributed by atoms with Gasteiger partial charge in [0.15, 0.2) is 0 Å². The summed E-state index contributed by atoms with van der Waals surface area (Å²) in [6.07, 6.45) is 1.93. The standard InChI is InChI=1S/C8H16N2O3.2ClH/c1-6(11)10-5-3-2-4-7(9)8(12)13;;/h7H,2-5,9H2,1H3,(H,10,11)(H,12,13);2*1H/t7-;;/m0../s1. The Balaban J connectivity index is -0.000000720. The average Bonchev–Trinajstić information content (AvgIpc) is 2.02. The molecule has 0 aromatic carbocycles. The molecule has 0 aliphatic carbocycles. The van der Waals surface area contributed by atoms with E-state index in [1.54, 1.807) is 0 Å². The molecule has 0 rings (SSSR count). The van der Waals surface area contributed by atoms with E-state index in [0.29, 0.717) is 19.4 Å². The van der Waals surface area contributed by atoms with Crippen LogP contribution in [0.3, 0.4) is 0 Å². The van der Waals surface area contributed by atoms with Crippen molar-refractivity contribution in [2.75, 3.05) is 6.54 Å². The quantitative estimate of drug-likeness (QED) is 0.609. The number of aliphatic carboxylic acids is 1. The van der Waals surface area contributed by atoms with Crippen LogP contribution in [0.25, 0.3) is 0 Å². The zero-order valence-corrected chi connectivity index (χ0v) is 10.2. The Morgan fingerprint density at radius 1 is 1.33 bits per heavy atom. The molecule has 1 atom stereocenters. The van der Waals surface area contributed by atoms with Gasteiger partial charge in [-0.3, -0.25) is 9.59 Å². The second-order valence-electron chi connectivity index (χ2n) is 2.92. The first-order valence-electron chi connectivity index (χ1n) is 4.27. The molecular formula is C8H18Cl2N2O3. The van der Waals surface area contributed by atoms with E-state index in [4.69, 9.17) is 10.8 Å². The van der Waals surface area contributed by atoms with Crippen LogP contribution in [0.15, 0.2) is 0 Å². The number of carbonyl (C=O) groups is 2. The molecule has 0 radical (unpaired) electrons. The van der Waals surface area contributed by atoms with Crippen molar-refractivity contribution < 1.29 is 14.7 Å². The summed E-state index contributed by atoms with van der Waals surface area (Å²) < 4.78 is 0. The zero-order valence-electron chi connectivity index (χ0n) is 8.56. The highest BCUT2D eigenvalue weighted by atomic mass is 35.5. The van der Waals surface area contributed by atoms with Crippen LogP contribution in [-0.2, 0) is 9.59 Å². The number of rotatable bonds is 6. The number of hydrogen-bond donors (Lipinski definition) is 3. The van der Waals surface area contributed by atoms with Gasteiger partial charge in [0.05, 0.1) is 0 Å². The summed E-state index contributed by atoms with van der Waals surface area (Å²) in [5.41, 5.74) is 5.27. The lowest BCUT2D eigenvalue weighted by atomic mass is 10.1. The number of halogens is 2. The fourth-order valence-electron chi connectivity index (χ4n) is 0.877. The predicted molar refractivity (Wildman–Crippen MR) is 62.6 cm³/mol. The fraction of sp³-hybridized carbons (Fsp3) is 0.750. The number of unbranched alkanes of at least 4 members (excludes halogenated alkanes) is 1. The van der Waals surface area contributed by atoms with Gasteiger partial charge in [0.25, 0.3) is 0 Å². The first kappa shape index (κ1) is 20.0. The molecule has 92 valence electrons. The maximum atomic E-state index is 10.4.